The van der Waals surface area contributed by atoms with Crippen LogP contribution < -0.4 is 67.5 Å². The number of hydrogen-bond donors (Lipinski definition) is 3. The number of hydrogen-bond acceptors (Lipinski definition) is 6. The van der Waals surface area contributed by atoms with Gasteiger partial charge in [-0.15, -0.1) is 11.8 Å². The number of nitrogens with one attached hydrogen (secondary N) is 1. The van der Waals surface area contributed by atoms with Crippen LogP contribution in [0, 0.1) is 0 Å². The zero-order valence-electron chi connectivity index (χ0n) is 13.0. The summed E-state index contributed by atoms with van der Waals surface area (Å²) in [6, 6.07) is 8.47. The molecule has 23 heavy (non-hydrogen) atoms. The third-order valence-electron chi connectivity index (χ3n) is 3.32. The summed E-state index contributed by atoms with van der Waals surface area (Å²) in [5.41, 5.74) is 5.86. The van der Waals surface area contributed by atoms with Gasteiger partial charge in [0.05, 0.1) is 0 Å². The number of nitrogens with zero attached hydrogens (tertiary/aromatic N) is 1. The Kier molecular flexibility index (Phi) is 9.44. The van der Waals surface area contributed by atoms with E-state index in [2.05, 4.69) is 28.5 Å². The van der Waals surface area contributed by atoms with Crippen molar-refractivity contribution in [3.8, 4) is 0 Å². The molecule has 0 spiro atoms. The number of thioether (sulfide) groups is 1. The van der Waals surface area contributed by atoms with Crippen molar-refractivity contribution in [1.82, 2.24) is 10.3 Å². The number of aromatic nitrogens is 1. The SMILES string of the molecule is Nc1nccc2cc(SC3CCCNC3)ccc12.O=C([O-])O.[K+]. The molecule has 1 aromatic carbocycles. The van der Waals surface area contributed by atoms with Gasteiger partial charge in [0, 0.05) is 28.3 Å². The molecule has 118 valence electrons. The molecule has 2 aromatic rings. The standard InChI is InChI=1S/C14H17N3S.CH2O3.K/c15-14-13-4-3-11(8-10(13)5-7-17-14)18-12-2-1-6-16-9-12;2-1(3)4;/h3-5,7-8,12,16H,1-2,6,9H2,(H2,15,17);(H2,2,3,4);/q;;+1/p-1. The van der Waals surface area contributed by atoms with Crippen LogP contribution in [0.2, 0.25) is 0 Å². The number of rotatable bonds is 2. The number of carbonyl (C=O) groups is 1. The van der Waals surface area contributed by atoms with E-state index in [1.165, 1.54) is 23.1 Å². The van der Waals surface area contributed by atoms with Crippen LogP contribution in [0.5, 0.6) is 0 Å². The van der Waals surface area contributed by atoms with E-state index >= 15 is 0 Å². The van der Waals surface area contributed by atoms with Gasteiger partial charge in [-0.2, -0.15) is 0 Å². The Morgan fingerprint density at radius 2 is 2.17 bits per heavy atom. The van der Waals surface area contributed by atoms with Crippen LogP contribution in [-0.2, 0) is 0 Å². The second-order valence-corrected chi connectivity index (χ2v) is 6.31. The fourth-order valence-electron chi connectivity index (χ4n) is 2.37. The number of carboxylic acid groups (broad SMARTS) is 2. The summed E-state index contributed by atoms with van der Waals surface area (Å²) in [7, 11) is 0. The molecule has 0 saturated carbocycles. The average Bonchev–Trinajstić information content (AvgIpc) is 2.48. The fraction of sp³-hybridized carbons (Fsp3) is 0.333. The Morgan fingerprint density at radius 3 is 2.83 bits per heavy atom. The summed E-state index contributed by atoms with van der Waals surface area (Å²) < 4.78 is 0. The topological polar surface area (TPSA) is 111 Å². The van der Waals surface area contributed by atoms with Gasteiger partial charge >= 0.3 is 51.4 Å². The Balaban J connectivity index is 0.000000478. The smallest absolute Gasteiger partial charge is 0.565 e. The normalized spacial score (nSPS) is 16.8. The van der Waals surface area contributed by atoms with Gasteiger partial charge in [-0.1, -0.05) is 0 Å². The minimum atomic E-state index is -2.08. The van der Waals surface area contributed by atoms with Gasteiger partial charge in [-0.3, -0.25) is 0 Å². The molecule has 1 atom stereocenters. The van der Waals surface area contributed by atoms with Crippen LogP contribution >= 0.6 is 11.8 Å². The molecule has 0 radical (unpaired) electrons. The van der Waals surface area contributed by atoms with Crippen LogP contribution in [0.15, 0.2) is 35.4 Å². The molecule has 1 saturated heterocycles. The van der Waals surface area contributed by atoms with Crippen molar-refractivity contribution in [3.63, 3.8) is 0 Å². The van der Waals surface area contributed by atoms with Crippen molar-refractivity contribution in [1.29, 1.82) is 0 Å². The second-order valence-electron chi connectivity index (χ2n) is 4.93. The number of benzene rings is 1. The van der Waals surface area contributed by atoms with E-state index in [1.54, 1.807) is 6.20 Å². The largest absolute Gasteiger partial charge is 1.00 e. The van der Waals surface area contributed by atoms with Crippen LogP contribution in [0.4, 0.5) is 10.6 Å². The maximum atomic E-state index is 8.44. The number of anilines is 1. The monoisotopic (exact) mass is 359 g/mol. The van der Waals surface area contributed by atoms with Gasteiger partial charge in [0.25, 0.3) is 0 Å². The van der Waals surface area contributed by atoms with E-state index in [0.29, 0.717) is 11.1 Å². The maximum Gasteiger partial charge on any atom is 1.00 e. The van der Waals surface area contributed by atoms with E-state index in [0.717, 1.165) is 18.5 Å². The summed E-state index contributed by atoms with van der Waals surface area (Å²) in [5, 5.41) is 21.7. The number of piperidine rings is 1. The summed E-state index contributed by atoms with van der Waals surface area (Å²) in [6.07, 6.45) is 2.27. The van der Waals surface area contributed by atoms with Gasteiger partial charge in [-0.25, -0.2) is 4.98 Å². The van der Waals surface area contributed by atoms with Gasteiger partial charge in [0.2, 0.25) is 6.16 Å². The summed E-state index contributed by atoms with van der Waals surface area (Å²) in [4.78, 5) is 13.9. The van der Waals surface area contributed by atoms with E-state index in [-0.39, 0.29) is 51.4 Å². The van der Waals surface area contributed by atoms with Crippen molar-refractivity contribution in [3.05, 3.63) is 30.5 Å². The van der Waals surface area contributed by atoms with Crippen molar-refractivity contribution in [2.45, 2.75) is 23.0 Å². The number of nitrogen functional groups attached to an aromatic ring is 1. The molecular weight excluding hydrogens is 341 g/mol. The van der Waals surface area contributed by atoms with Crippen LogP contribution in [0.25, 0.3) is 10.8 Å². The van der Waals surface area contributed by atoms with Gasteiger partial charge < -0.3 is 26.1 Å². The molecule has 2 heterocycles. The number of fused-ring (bicyclic) bond motifs is 1. The molecule has 6 nitrogen and oxygen atoms in total. The van der Waals surface area contributed by atoms with Crippen molar-refractivity contribution in [2.24, 2.45) is 0 Å². The molecule has 3 rings (SSSR count). The Labute approximate surface area is 181 Å². The Morgan fingerprint density at radius 1 is 1.43 bits per heavy atom. The first-order valence-electron chi connectivity index (χ1n) is 6.98. The fourth-order valence-corrected chi connectivity index (χ4v) is 3.58. The molecule has 4 N–H and O–H groups in total. The molecule has 0 aliphatic carbocycles. The average molecular weight is 359 g/mol. The van der Waals surface area contributed by atoms with Crippen LogP contribution in [0.3, 0.4) is 0 Å². The first kappa shape index (κ1) is 20.7. The summed E-state index contributed by atoms with van der Waals surface area (Å²) >= 11 is 1.96. The maximum absolute atomic E-state index is 8.44. The van der Waals surface area contributed by atoms with Crippen molar-refractivity contribution < 1.29 is 66.4 Å². The molecule has 0 amide bonds. The van der Waals surface area contributed by atoms with Crippen molar-refractivity contribution in [2.75, 3.05) is 18.8 Å². The van der Waals surface area contributed by atoms with Crippen LogP contribution in [-0.4, -0.2) is 34.6 Å². The zero-order chi connectivity index (χ0) is 15.9. The predicted molar refractivity (Wildman–Crippen MR) is 85.9 cm³/mol. The summed E-state index contributed by atoms with van der Waals surface area (Å²) in [6.45, 7) is 2.28. The Hall–Kier alpha value is -0.354. The third-order valence-corrected chi connectivity index (χ3v) is 4.58. The molecule has 1 aliphatic heterocycles. The van der Waals surface area contributed by atoms with E-state index in [4.69, 9.17) is 20.7 Å². The third kappa shape index (κ3) is 6.96. The van der Waals surface area contributed by atoms with E-state index < -0.39 is 6.16 Å². The first-order chi connectivity index (χ1) is 10.6. The van der Waals surface area contributed by atoms with E-state index in [1.807, 2.05) is 17.8 Å². The second kappa shape index (κ2) is 10.5. The molecule has 1 unspecified atom stereocenters. The molecule has 1 fully saturated rings. The molecular formula is C15H18KN3O3S. The van der Waals surface area contributed by atoms with Gasteiger partial charge in [0.15, 0.2) is 0 Å². The van der Waals surface area contributed by atoms with Crippen LogP contribution in [0.1, 0.15) is 12.8 Å². The number of nitrogens with two attached hydrogens (primary N) is 1. The zero-order valence-corrected chi connectivity index (χ0v) is 16.9. The first-order valence-corrected chi connectivity index (χ1v) is 7.86. The number of pyridine rings is 1. The van der Waals surface area contributed by atoms with Gasteiger partial charge in [-0.05, 0) is 49.0 Å². The molecule has 1 aliphatic rings. The molecule has 8 heteroatoms. The minimum absolute atomic E-state index is 0. The van der Waals surface area contributed by atoms with Crippen molar-refractivity contribution >= 4 is 34.5 Å². The van der Waals surface area contributed by atoms with Gasteiger partial charge in [0.1, 0.15) is 5.82 Å². The quantitative estimate of drug-likeness (QED) is 0.563. The predicted octanol–water partition coefficient (Wildman–Crippen LogP) is -1.45. The van der Waals surface area contributed by atoms with E-state index in [9.17, 15) is 0 Å². The minimum Gasteiger partial charge on any atom is -0.565 e. The summed E-state index contributed by atoms with van der Waals surface area (Å²) in [5.74, 6) is 0.614. The molecule has 0 bridgehead atoms. The Bertz CT molecular complexity index is 647. The molecule has 1 aromatic heterocycles.